The van der Waals surface area contributed by atoms with Gasteiger partial charge in [-0.2, -0.15) is 0 Å². The molecule has 4 nitrogen and oxygen atoms in total. The fraction of sp³-hybridized carbons (Fsp3) is 0.867. The lowest BCUT2D eigenvalue weighted by molar-refractivity contribution is 0.182. The zero-order valence-corrected chi connectivity index (χ0v) is 13.3. The van der Waals surface area contributed by atoms with E-state index in [0.717, 1.165) is 36.6 Å². The Morgan fingerprint density at radius 1 is 1.20 bits per heavy atom. The van der Waals surface area contributed by atoms with Crippen molar-refractivity contribution in [1.82, 2.24) is 15.1 Å². The van der Waals surface area contributed by atoms with Crippen LogP contribution in [-0.4, -0.2) is 34.2 Å². The summed E-state index contributed by atoms with van der Waals surface area (Å²) in [5.41, 5.74) is 0. The molecule has 2 aliphatic rings. The van der Waals surface area contributed by atoms with Gasteiger partial charge in [0.2, 0.25) is 5.13 Å². The molecule has 1 N–H and O–H groups in total. The van der Waals surface area contributed by atoms with Crippen molar-refractivity contribution in [2.45, 2.75) is 64.5 Å². The van der Waals surface area contributed by atoms with Crippen LogP contribution in [0.5, 0.6) is 0 Å². The topological polar surface area (TPSA) is 41.1 Å². The maximum atomic E-state index is 4.36. The van der Waals surface area contributed by atoms with Gasteiger partial charge in [-0.3, -0.25) is 4.90 Å². The molecule has 0 aromatic carbocycles. The van der Waals surface area contributed by atoms with Crippen molar-refractivity contribution in [1.29, 1.82) is 0 Å². The lowest BCUT2D eigenvalue weighted by atomic mass is 9.96. The average molecular weight is 294 g/mol. The molecular formula is C15H26N4S. The van der Waals surface area contributed by atoms with Crippen LogP contribution in [0.25, 0.3) is 0 Å². The average Bonchev–Trinajstić information content (AvgIpc) is 3.18. The van der Waals surface area contributed by atoms with Gasteiger partial charge in [0.15, 0.2) is 0 Å². The smallest absolute Gasteiger partial charge is 0.205 e. The maximum absolute atomic E-state index is 4.36. The number of likely N-dealkylation sites (tertiary alicyclic amines) is 1. The van der Waals surface area contributed by atoms with E-state index in [1.54, 1.807) is 11.3 Å². The van der Waals surface area contributed by atoms with Crippen LogP contribution >= 0.6 is 11.3 Å². The van der Waals surface area contributed by atoms with Crippen LogP contribution in [0.4, 0.5) is 5.13 Å². The fourth-order valence-electron chi connectivity index (χ4n) is 3.72. The Balaban J connectivity index is 1.57. The standard InChI is InChI=1S/C15H26N4S/c1-2-9-16-15-18-17-14(20-15)11-19-10-5-8-13(19)12-6-3-4-7-12/h12-13H,2-11H2,1H3,(H,16,18). The summed E-state index contributed by atoms with van der Waals surface area (Å²) in [5, 5.41) is 14.1. The molecule has 1 atom stereocenters. The highest BCUT2D eigenvalue weighted by Crippen LogP contribution is 2.36. The predicted octanol–water partition coefficient (Wildman–Crippen LogP) is 3.51. The first-order valence-corrected chi connectivity index (χ1v) is 8.98. The molecule has 1 saturated heterocycles. The third-order valence-corrected chi connectivity index (χ3v) is 5.56. The summed E-state index contributed by atoms with van der Waals surface area (Å²) in [6, 6.07) is 0.813. The molecule has 1 aromatic rings. The highest BCUT2D eigenvalue weighted by molar-refractivity contribution is 7.15. The molecule has 3 rings (SSSR count). The van der Waals surface area contributed by atoms with E-state index < -0.39 is 0 Å². The van der Waals surface area contributed by atoms with E-state index in [9.17, 15) is 0 Å². The monoisotopic (exact) mass is 294 g/mol. The molecule has 1 aliphatic heterocycles. The normalized spacial score (nSPS) is 24.6. The molecule has 0 spiro atoms. The molecule has 2 fully saturated rings. The van der Waals surface area contributed by atoms with Gasteiger partial charge in [-0.15, -0.1) is 10.2 Å². The van der Waals surface area contributed by atoms with Gasteiger partial charge in [-0.1, -0.05) is 31.1 Å². The number of nitrogens with zero attached hydrogens (tertiary/aromatic N) is 3. The van der Waals surface area contributed by atoms with Crippen molar-refractivity contribution in [2.24, 2.45) is 5.92 Å². The van der Waals surface area contributed by atoms with E-state index in [-0.39, 0.29) is 0 Å². The van der Waals surface area contributed by atoms with Crippen LogP contribution in [-0.2, 0) is 6.54 Å². The Morgan fingerprint density at radius 2 is 2.05 bits per heavy atom. The van der Waals surface area contributed by atoms with E-state index >= 15 is 0 Å². The van der Waals surface area contributed by atoms with Gasteiger partial charge in [0.1, 0.15) is 5.01 Å². The molecule has 1 aliphatic carbocycles. The summed E-state index contributed by atoms with van der Waals surface area (Å²) in [4.78, 5) is 2.67. The predicted molar refractivity (Wildman–Crippen MR) is 84.1 cm³/mol. The lowest BCUT2D eigenvalue weighted by Gasteiger charge is -2.28. The number of nitrogens with one attached hydrogen (secondary N) is 1. The fourth-order valence-corrected chi connectivity index (χ4v) is 4.51. The zero-order chi connectivity index (χ0) is 13.8. The van der Waals surface area contributed by atoms with Crippen molar-refractivity contribution < 1.29 is 0 Å². The van der Waals surface area contributed by atoms with Gasteiger partial charge in [0.05, 0.1) is 6.54 Å². The Morgan fingerprint density at radius 3 is 2.85 bits per heavy atom. The summed E-state index contributed by atoms with van der Waals surface area (Å²) in [6.45, 7) is 5.42. The van der Waals surface area contributed by atoms with E-state index in [4.69, 9.17) is 0 Å². The van der Waals surface area contributed by atoms with Crippen LogP contribution < -0.4 is 5.32 Å². The zero-order valence-electron chi connectivity index (χ0n) is 12.5. The van der Waals surface area contributed by atoms with Crippen LogP contribution in [0.2, 0.25) is 0 Å². The first-order valence-electron chi connectivity index (χ1n) is 8.17. The Bertz CT molecular complexity index is 414. The lowest BCUT2D eigenvalue weighted by Crippen LogP contribution is -2.34. The second-order valence-electron chi connectivity index (χ2n) is 6.15. The molecule has 0 amide bonds. The van der Waals surface area contributed by atoms with Crippen molar-refractivity contribution >= 4 is 16.5 Å². The van der Waals surface area contributed by atoms with Gasteiger partial charge in [0.25, 0.3) is 0 Å². The molecule has 1 saturated carbocycles. The van der Waals surface area contributed by atoms with Crippen LogP contribution in [0.15, 0.2) is 0 Å². The van der Waals surface area contributed by atoms with Gasteiger partial charge in [-0.25, -0.2) is 0 Å². The Labute approximate surface area is 126 Å². The quantitative estimate of drug-likeness (QED) is 0.871. The maximum Gasteiger partial charge on any atom is 0.205 e. The molecule has 2 heterocycles. The van der Waals surface area contributed by atoms with Crippen molar-refractivity contribution in [2.75, 3.05) is 18.4 Å². The highest BCUT2D eigenvalue weighted by atomic mass is 32.1. The SMILES string of the molecule is CCCNc1nnc(CN2CCCC2C2CCCC2)s1. The second-order valence-corrected chi connectivity index (χ2v) is 7.21. The number of anilines is 1. The molecule has 1 aromatic heterocycles. The van der Waals surface area contributed by atoms with Crippen molar-refractivity contribution in [3.05, 3.63) is 5.01 Å². The summed E-state index contributed by atoms with van der Waals surface area (Å²) in [5.74, 6) is 0.947. The molecule has 0 radical (unpaired) electrons. The molecular weight excluding hydrogens is 268 g/mol. The van der Waals surface area contributed by atoms with Crippen molar-refractivity contribution in [3.63, 3.8) is 0 Å². The van der Waals surface area contributed by atoms with Gasteiger partial charge >= 0.3 is 0 Å². The third-order valence-electron chi connectivity index (χ3n) is 4.69. The number of aromatic nitrogens is 2. The van der Waals surface area contributed by atoms with E-state index in [2.05, 4.69) is 27.3 Å². The number of hydrogen-bond acceptors (Lipinski definition) is 5. The van der Waals surface area contributed by atoms with Gasteiger partial charge in [0, 0.05) is 12.6 Å². The van der Waals surface area contributed by atoms with E-state index in [1.165, 1.54) is 50.1 Å². The Hall–Kier alpha value is -0.680. The van der Waals surface area contributed by atoms with E-state index in [1.807, 2.05) is 0 Å². The first kappa shape index (κ1) is 14.3. The summed E-state index contributed by atoms with van der Waals surface area (Å²) >= 11 is 1.73. The molecule has 112 valence electrons. The van der Waals surface area contributed by atoms with E-state index in [0.29, 0.717) is 0 Å². The summed E-state index contributed by atoms with van der Waals surface area (Å²) < 4.78 is 0. The molecule has 1 unspecified atom stereocenters. The minimum absolute atomic E-state index is 0.813. The summed E-state index contributed by atoms with van der Waals surface area (Å²) in [6.07, 6.45) is 9.66. The number of rotatable bonds is 6. The minimum atomic E-state index is 0.813. The van der Waals surface area contributed by atoms with Gasteiger partial charge in [-0.05, 0) is 44.6 Å². The largest absolute Gasteiger partial charge is 0.360 e. The highest BCUT2D eigenvalue weighted by Gasteiger charge is 2.33. The Kier molecular flexibility index (Phi) is 4.89. The first-order chi connectivity index (χ1) is 9.86. The van der Waals surface area contributed by atoms with Gasteiger partial charge < -0.3 is 5.32 Å². The second kappa shape index (κ2) is 6.85. The van der Waals surface area contributed by atoms with Crippen molar-refractivity contribution in [3.8, 4) is 0 Å². The number of hydrogen-bond donors (Lipinski definition) is 1. The van der Waals surface area contributed by atoms with Crippen LogP contribution in [0.3, 0.4) is 0 Å². The third kappa shape index (κ3) is 3.31. The van der Waals surface area contributed by atoms with Crippen LogP contribution in [0, 0.1) is 5.92 Å². The molecule has 5 heteroatoms. The summed E-state index contributed by atoms with van der Waals surface area (Å²) in [7, 11) is 0. The van der Waals surface area contributed by atoms with Crippen LogP contribution in [0.1, 0.15) is 56.9 Å². The molecule has 20 heavy (non-hydrogen) atoms. The molecule has 0 bridgehead atoms. The minimum Gasteiger partial charge on any atom is -0.360 e.